The Morgan fingerprint density at radius 3 is 2.49 bits per heavy atom. The van der Waals surface area contributed by atoms with Crippen molar-refractivity contribution in [2.24, 2.45) is 11.7 Å². The third-order valence-corrected chi connectivity index (χ3v) is 10.0. The summed E-state index contributed by atoms with van der Waals surface area (Å²) in [6.45, 7) is 3.19. The minimum Gasteiger partial charge on any atom is -0.465 e. The van der Waals surface area contributed by atoms with Crippen molar-refractivity contribution in [1.82, 2.24) is 45.2 Å². The quantitative estimate of drug-likeness (QED) is 0.0895. The molecule has 2 fully saturated rings. The fourth-order valence-electron chi connectivity index (χ4n) is 7.29. The zero-order valence-corrected chi connectivity index (χ0v) is 29.9. The standard InChI is InChI=1S/C35H48N10O8/c1-35(2,53)27-18-39-42-45(27)23-17-26(32(49)40-24(29(46)30(36)47)10-6-7-13-38-34(51)52)44(20-23)33(50)25(16-21-8-4-3-5-9-21)41-31(48)22-11-12-28-37-14-15-43(28)19-22/h11-12,14-15,18-19,21,23-26,38,53H,3-10,13,16-17,20H2,1-2H3,(H2,36,47)(H,40,49)(H,41,48)(H,51,52)/t23-,24?,25+,26-/m0/s1. The van der Waals surface area contributed by atoms with Crippen LogP contribution in [0.4, 0.5) is 4.79 Å². The Balaban J connectivity index is 1.43. The summed E-state index contributed by atoms with van der Waals surface area (Å²) >= 11 is 0. The lowest BCUT2D eigenvalue weighted by molar-refractivity contribution is -0.142. The molecule has 0 radical (unpaired) electrons. The Kier molecular flexibility index (Phi) is 12.4. The van der Waals surface area contributed by atoms with E-state index in [1.165, 1.54) is 15.8 Å². The third-order valence-electron chi connectivity index (χ3n) is 10.0. The highest BCUT2D eigenvalue weighted by Crippen LogP contribution is 2.33. The number of hydrogen-bond donors (Lipinski definition) is 6. The summed E-state index contributed by atoms with van der Waals surface area (Å²) in [6, 6.07) is -0.805. The number of nitrogens with one attached hydrogen (secondary N) is 3. The van der Waals surface area contributed by atoms with Gasteiger partial charge in [0.15, 0.2) is 0 Å². The molecule has 286 valence electrons. The number of nitrogens with two attached hydrogens (primary N) is 1. The van der Waals surface area contributed by atoms with Crippen molar-refractivity contribution in [3.63, 3.8) is 0 Å². The fourth-order valence-corrected chi connectivity index (χ4v) is 7.29. The number of primary amides is 1. The largest absolute Gasteiger partial charge is 0.465 e. The molecule has 0 aromatic carbocycles. The Hall–Kier alpha value is -5.39. The number of ketones is 1. The van der Waals surface area contributed by atoms with Gasteiger partial charge < -0.3 is 41.2 Å². The monoisotopic (exact) mass is 736 g/mol. The van der Waals surface area contributed by atoms with Crippen LogP contribution in [0.25, 0.3) is 5.65 Å². The average Bonchev–Trinajstić information content (AvgIpc) is 3.90. The van der Waals surface area contributed by atoms with E-state index < -0.39 is 65.3 Å². The van der Waals surface area contributed by atoms with Crippen LogP contribution in [-0.2, 0) is 24.8 Å². The number of carboxylic acid groups (broad SMARTS) is 1. The fraction of sp³-hybridized carbons (Fsp3) is 0.571. The van der Waals surface area contributed by atoms with Crippen molar-refractivity contribution < 1.29 is 39.0 Å². The first-order valence-electron chi connectivity index (χ1n) is 18.0. The second-order valence-corrected chi connectivity index (χ2v) is 14.4. The topological polar surface area (TPSA) is 256 Å². The number of pyridine rings is 1. The van der Waals surface area contributed by atoms with Gasteiger partial charge in [-0.1, -0.05) is 37.3 Å². The van der Waals surface area contributed by atoms with Gasteiger partial charge >= 0.3 is 6.09 Å². The van der Waals surface area contributed by atoms with Gasteiger partial charge in [0, 0.05) is 38.1 Å². The zero-order valence-electron chi connectivity index (χ0n) is 29.9. The number of likely N-dealkylation sites (tertiary alicyclic amines) is 1. The van der Waals surface area contributed by atoms with E-state index in [0.29, 0.717) is 29.7 Å². The second-order valence-electron chi connectivity index (χ2n) is 14.4. The molecule has 18 heteroatoms. The predicted octanol–water partition coefficient (Wildman–Crippen LogP) is 1.04. The number of nitrogens with zero attached hydrogens (tertiary/aromatic N) is 6. The lowest BCUT2D eigenvalue weighted by Gasteiger charge is -2.32. The van der Waals surface area contributed by atoms with Crippen molar-refractivity contribution in [2.75, 3.05) is 13.1 Å². The molecule has 53 heavy (non-hydrogen) atoms. The Labute approximate surface area is 305 Å². The van der Waals surface area contributed by atoms with Crippen LogP contribution in [-0.4, -0.2) is 106 Å². The van der Waals surface area contributed by atoms with Crippen LogP contribution in [0.15, 0.2) is 36.9 Å². The van der Waals surface area contributed by atoms with Crippen LogP contribution < -0.4 is 21.7 Å². The molecule has 1 unspecified atom stereocenters. The molecule has 0 bridgehead atoms. The molecule has 0 spiro atoms. The first-order valence-corrected chi connectivity index (χ1v) is 18.0. The molecule has 3 aromatic heterocycles. The number of carbonyl (C=O) groups is 6. The summed E-state index contributed by atoms with van der Waals surface area (Å²) < 4.78 is 3.17. The van der Waals surface area contributed by atoms with Gasteiger partial charge in [-0.15, -0.1) is 5.10 Å². The smallest absolute Gasteiger partial charge is 0.404 e. The highest BCUT2D eigenvalue weighted by Gasteiger charge is 2.45. The van der Waals surface area contributed by atoms with Gasteiger partial charge in [0.05, 0.1) is 29.5 Å². The third kappa shape index (κ3) is 9.74. The van der Waals surface area contributed by atoms with Crippen LogP contribution in [0.2, 0.25) is 0 Å². The second kappa shape index (κ2) is 17.0. The van der Waals surface area contributed by atoms with Crippen molar-refractivity contribution in [3.05, 3.63) is 48.2 Å². The van der Waals surface area contributed by atoms with Crippen molar-refractivity contribution >= 4 is 41.2 Å². The van der Waals surface area contributed by atoms with Gasteiger partial charge in [-0.05, 0) is 57.6 Å². The number of aromatic nitrogens is 5. The molecular weight excluding hydrogens is 688 g/mol. The van der Waals surface area contributed by atoms with E-state index in [9.17, 15) is 33.9 Å². The summed E-state index contributed by atoms with van der Waals surface area (Å²) in [5, 5.41) is 35.6. The van der Waals surface area contributed by atoms with Crippen LogP contribution in [0, 0.1) is 5.92 Å². The number of imidazole rings is 1. The van der Waals surface area contributed by atoms with Gasteiger partial charge in [-0.3, -0.25) is 24.0 Å². The minimum atomic E-state index is -1.36. The molecular formula is C35H48N10O8. The molecule has 1 saturated carbocycles. The molecule has 4 atom stereocenters. The van der Waals surface area contributed by atoms with E-state index in [2.05, 4.69) is 31.2 Å². The highest BCUT2D eigenvalue weighted by molar-refractivity contribution is 6.37. The lowest BCUT2D eigenvalue weighted by Crippen LogP contribution is -2.56. The van der Waals surface area contributed by atoms with Gasteiger partial charge in [0.2, 0.25) is 17.6 Å². The van der Waals surface area contributed by atoms with Gasteiger partial charge in [-0.2, -0.15) is 0 Å². The molecule has 2 aliphatic rings. The maximum absolute atomic E-state index is 14.7. The normalized spacial score (nSPS) is 19.0. The first-order chi connectivity index (χ1) is 25.2. The number of hydrogen-bond acceptors (Lipinski definition) is 10. The molecule has 7 N–H and O–H groups in total. The molecule has 5 amide bonds. The summed E-state index contributed by atoms with van der Waals surface area (Å²) in [4.78, 5) is 83.8. The van der Waals surface area contributed by atoms with E-state index in [0.717, 1.165) is 32.1 Å². The molecule has 18 nitrogen and oxygen atoms in total. The molecule has 1 saturated heterocycles. The maximum atomic E-state index is 14.7. The van der Waals surface area contributed by atoms with Gasteiger partial charge in [0.25, 0.3) is 11.8 Å². The van der Waals surface area contributed by atoms with Crippen molar-refractivity contribution in [1.29, 1.82) is 0 Å². The maximum Gasteiger partial charge on any atom is 0.404 e. The first kappa shape index (κ1) is 38.8. The molecule has 4 heterocycles. The van der Waals surface area contributed by atoms with Crippen LogP contribution >= 0.6 is 0 Å². The highest BCUT2D eigenvalue weighted by atomic mass is 16.4. The number of carbonyl (C=O) groups excluding carboxylic acids is 5. The summed E-state index contributed by atoms with van der Waals surface area (Å²) in [5.41, 5.74) is 5.28. The van der Waals surface area contributed by atoms with E-state index in [1.807, 2.05) is 0 Å². The number of Topliss-reactive ketones (excluding diaryl/α,β-unsaturated/α-hetero) is 1. The Morgan fingerprint density at radius 2 is 1.79 bits per heavy atom. The van der Waals surface area contributed by atoms with Crippen LogP contribution in [0.3, 0.4) is 0 Å². The minimum absolute atomic E-state index is 0.00749. The summed E-state index contributed by atoms with van der Waals surface area (Å²) in [5.74, 6) is -3.82. The number of aliphatic hydroxyl groups is 1. The van der Waals surface area contributed by atoms with Gasteiger partial charge in [-0.25, -0.2) is 14.5 Å². The van der Waals surface area contributed by atoms with E-state index in [1.54, 1.807) is 49.0 Å². The van der Waals surface area contributed by atoms with Crippen molar-refractivity contribution in [2.45, 2.75) is 108 Å². The van der Waals surface area contributed by atoms with E-state index in [4.69, 9.17) is 10.8 Å². The average molecular weight is 737 g/mol. The summed E-state index contributed by atoms with van der Waals surface area (Å²) in [6.07, 6.45) is 11.0. The summed E-state index contributed by atoms with van der Waals surface area (Å²) in [7, 11) is 0. The number of amides is 5. The number of rotatable bonds is 16. The van der Waals surface area contributed by atoms with Crippen LogP contribution in [0.1, 0.15) is 100 Å². The number of fused-ring (bicyclic) bond motifs is 1. The Bertz CT molecular complexity index is 1810. The van der Waals surface area contributed by atoms with Crippen molar-refractivity contribution in [3.8, 4) is 0 Å². The molecule has 1 aliphatic heterocycles. The Morgan fingerprint density at radius 1 is 1.04 bits per heavy atom. The zero-order chi connectivity index (χ0) is 38.3. The van der Waals surface area contributed by atoms with Crippen LogP contribution in [0.5, 0.6) is 0 Å². The number of unbranched alkanes of at least 4 members (excludes halogenated alkanes) is 1. The SMILES string of the molecule is CC(C)(O)c1cnnn1[C@H]1C[C@@H](C(=O)NC(CCCCNC(=O)O)C(=O)C(N)=O)N(C(=O)[C@@H](CC2CCCCC2)NC(=O)c2ccc3nccn3c2)C1. The molecule has 5 rings (SSSR count). The lowest BCUT2D eigenvalue weighted by atomic mass is 9.84. The van der Waals surface area contributed by atoms with Gasteiger partial charge in [0.1, 0.15) is 23.3 Å². The molecule has 3 aromatic rings. The predicted molar refractivity (Wildman–Crippen MR) is 188 cm³/mol. The van der Waals surface area contributed by atoms with E-state index in [-0.39, 0.29) is 38.3 Å². The molecule has 1 aliphatic carbocycles. The van der Waals surface area contributed by atoms with E-state index >= 15 is 0 Å².